The minimum absolute atomic E-state index is 0.202. The maximum Gasteiger partial charge on any atom is 0.160 e. The summed E-state index contributed by atoms with van der Waals surface area (Å²) in [6.45, 7) is 3.18. The molecule has 0 heterocycles. The van der Waals surface area contributed by atoms with E-state index in [-0.39, 0.29) is 5.75 Å². The van der Waals surface area contributed by atoms with Crippen molar-refractivity contribution in [1.29, 1.82) is 0 Å². The molecule has 1 aliphatic carbocycles. The lowest BCUT2D eigenvalue weighted by molar-refractivity contribution is 0.306. The number of phenols is 1. The zero-order valence-electron chi connectivity index (χ0n) is 11.3. The van der Waals surface area contributed by atoms with Crippen LogP contribution in [0.5, 0.6) is 11.5 Å². The molecule has 2 N–H and O–H groups in total. The molecule has 0 unspecified atom stereocenters. The predicted octanol–water partition coefficient (Wildman–Crippen LogP) is 3.07. The third-order valence-electron chi connectivity index (χ3n) is 3.85. The number of aromatic hydroxyl groups is 1. The van der Waals surface area contributed by atoms with Crippen molar-refractivity contribution in [2.24, 2.45) is 5.92 Å². The topological polar surface area (TPSA) is 41.5 Å². The van der Waals surface area contributed by atoms with E-state index >= 15 is 0 Å². The molecule has 3 heteroatoms. The quantitative estimate of drug-likeness (QED) is 0.861. The Labute approximate surface area is 109 Å². The maximum absolute atomic E-state index is 9.54. The Kier molecular flexibility index (Phi) is 4.48. The van der Waals surface area contributed by atoms with Crippen LogP contribution in [0.25, 0.3) is 0 Å². The zero-order chi connectivity index (χ0) is 13.0. The molecular formula is C15H23NO2. The summed E-state index contributed by atoms with van der Waals surface area (Å²) in [5, 5.41) is 13.1. The molecule has 0 radical (unpaired) electrons. The first-order chi connectivity index (χ1) is 8.69. The molecule has 1 saturated carbocycles. The van der Waals surface area contributed by atoms with Crippen LogP contribution in [0.1, 0.15) is 38.2 Å². The van der Waals surface area contributed by atoms with Gasteiger partial charge in [-0.05, 0) is 49.3 Å². The average molecular weight is 249 g/mol. The fourth-order valence-corrected chi connectivity index (χ4v) is 2.56. The first-order valence-electron chi connectivity index (χ1n) is 6.78. The van der Waals surface area contributed by atoms with Gasteiger partial charge in [0.15, 0.2) is 11.5 Å². The van der Waals surface area contributed by atoms with E-state index in [0.717, 1.165) is 18.0 Å². The highest BCUT2D eigenvalue weighted by atomic mass is 16.5. The van der Waals surface area contributed by atoms with E-state index in [9.17, 15) is 5.11 Å². The van der Waals surface area contributed by atoms with Crippen molar-refractivity contribution in [3.63, 3.8) is 0 Å². The summed E-state index contributed by atoms with van der Waals surface area (Å²) in [6, 6.07) is 6.17. The van der Waals surface area contributed by atoms with Crippen molar-refractivity contribution >= 4 is 0 Å². The smallest absolute Gasteiger partial charge is 0.160 e. The Hall–Kier alpha value is -1.22. The molecule has 3 nitrogen and oxygen atoms in total. The van der Waals surface area contributed by atoms with E-state index in [2.05, 4.69) is 12.2 Å². The average Bonchev–Trinajstić information content (AvgIpc) is 2.39. The number of hydrogen-bond donors (Lipinski definition) is 2. The fraction of sp³-hybridized carbons (Fsp3) is 0.600. The zero-order valence-corrected chi connectivity index (χ0v) is 11.3. The molecule has 1 aromatic carbocycles. The summed E-state index contributed by atoms with van der Waals surface area (Å²) < 4.78 is 5.11. The van der Waals surface area contributed by atoms with Gasteiger partial charge in [-0.3, -0.25) is 0 Å². The van der Waals surface area contributed by atoms with Crippen LogP contribution < -0.4 is 10.1 Å². The Morgan fingerprint density at radius 2 is 2.00 bits per heavy atom. The van der Waals surface area contributed by atoms with Crippen LogP contribution in [0, 0.1) is 5.92 Å². The molecule has 0 atom stereocenters. The second-order valence-corrected chi connectivity index (χ2v) is 5.34. The van der Waals surface area contributed by atoms with E-state index in [4.69, 9.17) is 4.74 Å². The normalized spacial score (nSPS) is 23.9. The van der Waals surface area contributed by atoms with Crippen LogP contribution in [0.2, 0.25) is 0 Å². The van der Waals surface area contributed by atoms with Crippen LogP contribution in [-0.4, -0.2) is 18.3 Å². The SMILES string of the molecule is COc1cc(CNC2CCC(C)CC2)ccc1O. The van der Waals surface area contributed by atoms with Gasteiger partial charge in [-0.1, -0.05) is 13.0 Å². The fourth-order valence-electron chi connectivity index (χ4n) is 2.56. The first kappa shape index (κ1) is 13.2. The molecule has 0 saturated heterocycles. The van der Waals surface area contributed by atoms with Gasteiger partial charge in [0.2, 0.25) is 0 Å². The van der Waals surface area contributed by atoms with Crippen LogP contribution >= 0.6 is 0 Å². The highest BCUT2D eigenvalue weighted by Crippen LogP contribution is 2.27. The lowest BCUT2D eigenvalue weighted by Gasteiger charge is -2.27. The molecule has 1 aromatic rings. The predicted molar refractivity (Wildman–Crippen MR) is 72.9 cm³/mol. The number of hydrogen-bond acceptors (Lipinski definition) is 3. The summed E-state index contributed by atoms with van der Waals surface area (Å²) >= 11 is 0. The molecule has 18 heavy (non-hydrogen) atoms. The molecule has 0 amide bonds. The Balaban J connectivity index is 1.86. The summed E-state index contributed by atoms with van der Waals surface area (Å²) in [6.07, 6.45) is 5.21. The molecule has 1 fully saturated rings. The van der Waals surface area contributed by atoms with Crippen molar-refractivity contribution in [3.8, 4) is 11.5 Å². The third-order valence-corrected chi connectivity index (χ3v) is 3.85. The highest BCUT2D eigenvalue weighted by molar-refractivity contribution is 5.41. The summed E-state index contributed by atoms with van der Waals surface area (Å²) in [5.74, 6) is 1.64. The molecule has 0 bridgehead atoms. The minimum Gasteiger partial charge on any atom is -0.504 e. The third kappa shape index (κ3) is 3.39. The molecule has 1 aliphatic rings. The highest BCUT2D eigenvalue weighted by Gasteiger charge is 2.17. The largest absolute Gasteiger partial charge is 0.504 e. The molecular weight excluding hydrogens is 226 g/mol. The van der Waals surface area contributed by atoms with Gasteiger partial charge in [-0.25, -0.2) is 0 Å². The van der Waals surface area contributed by atoms with Crippen molar-refractivity contribution in [3.05, 3.63) is 23.8 Å². The Morgan fingerprint density at radius 3 is 2.67 bits per heavy atom. The number of nitrogens with one attached hydrogen (secondary N) is 1. The van der Waals surface area contributed by atoms with Gasteiger partial charge in [0.05, 0.1) is 7.11 Å². The van der Waals surface area contributed by atoms with Gasteiger partial charge in [-0.2, -0.15) is 0 Å². The van der Waals surface area contributed by atoms with E-state index in [1.807, 2.05) is 12.1 Å². The standard InChI is InChI=1S/C15H23NO2/c1-11-3-6-13(7-4-11)16-10-12-5-8-14(17)15(9-12)18-2/h5,8-9,11,13,16-17H,3-4,6-7,10H2,1-2H3. The summed E-state index contributed by atoms with van der Waals surface area (Å²) in [4.78, 5) is 0. The van der Waals surface area contributed by atoms with Gasteiger partial charge in [0.25, 0.3) is 0 Å². The summed E-state index contributed by atoms with van der Waals surface area (Å²) in [7, 11) is 1.58. The monoisotopic (exact) mass is 249 g/mol. The van der Waals surface area contributed by atoms with Crippen LogP contribution in [0.15, 0.2) is 18.2 Å². The summed E-state index contributed by atoms with van der Waals surface area (Å²) in [5.41, 5.74) is 1.16. The Morgan fingerprint density at radius 1 is 1.28 bits per heavy atom. The number of methoxy groups -OCH3 is 1. The minimum atomic E-state index is 0.202. The molecule has 0 aliphatic heterocycles. The van der Waals surface area contributed by atoms with Crippen molar-refractivity contribution in [2.45, 2.75) is 45.2 Å². The van der Waals surface area contributed by atoms with Gasteiger partial charge >= 0.3 is 0 Å². The molecule has 0 spiro atoms. The van der Waals surface area contributed by atoms with Gasteiger partial charge in [-0.15, -0.1) is 0 Å². The van der Waals surface area contributed by atoms with Crippen LogP contribution in [-0.2, 0) is 6.54 Å². The van der Waals surface area contributed by atoms with E-state index < -0.39 is 0 Å². The van der Waals surface area contributed by atoms with Gasteiger partial charge in [0.1, 0.15) is 0 Å². The van der Waals surface area contributed by atoms with E-state index in [1.165, 1.54) is 25.7 Å². The maximum atomic E-state index is 9.54. The lowest BCUT2D eigenvalue weighted by Crippen LogP contribution is -2.32. The number of rotatable bonds is 4. The molecule has 0 aromatic heterocycles. The van der Waals surface area contributed by atoms with Crippen LogP contribution in [0.3, 0.4) is 0 Å². The van der Waals surface area contributed by atoms with Crippen molar-refractivity contribution < 1.29 is 9.84 Å². The van der Waals surface area contributed by atoms with Crippen molar-refractivity contribution in [1.82, 2.24) is 5.32 Å². The number of benzene rings is 1. The van der Waals surface area contributed by atoms with E-state index in [0.29, 0.717) is 11.8 Å². The molecule has 100 valence electrons. The number of ether oxygens (including phenoxy) is 1. The Bertz CT molecular complexity index is 384. The second-order valence-electron chi connectivity index (χ2n) is 5.34. The van der Waals surface area contributed by atoms with Crippen LogP contribution in [0.4, 0.5) is 0 Å². The van der Waals surface area contributed by atoms with Gasteiger partial charge < -0.3 is 15.2 Å². The molecule has 2 rings (SSSR count). The number of phenolic OH excluding ortho intramolecular Hbond substituents is 1. The van der Waals surface area contributed by atoms with E-state index in [1.54, 1.807) is 13.2 Å². The first-order valence-corrected chi connectivity index (χ1v) is 6.78. The second kappa shape index (κ2) is 6.10. The van der Waals surface area contributed by atoms with Crippen molar-refractivity contribution in [2.75, 3.05) is 7.11 Å². The lowest BCUT2D eigenvalue weighted by atomic mass is 9.87. The van der Waals surface area contributed by atoms with Gasteiger partial charge in [0, 0.05) is 12.6 Å².